The number of amides is 1. The van der Waals surface area contributed by atoms with Gasteiger partial charge in [-0.15, -0.1) is 0 Å². The van der Waals surface area contributed by atoms with Crippen molar-refractivity contribution >= 4 is 17.3 Å². The second-order valence-electron chi connectivity index (χ2n) is 8.70. The average molecular weight is 397 g/mol. The Morgan fingerprint density at radius 2 is 1.97 bits per heavy atom. The Morgan fingerprint density at radius 3 is 2.62 bits per heavy atom. The van der Waals surface area contributed by atoms with Crippen LogP contribution in [-0.2, 0) is 0 Å². The molecule has 2 N–H and O–H groups in total. The summed E-state index contributed by atoms with van der Waals surface area (Å²) in [6, 6.07) is 12.0. The Hall–Kier alpha value is -2.24. The third-order valence-corrected chi connectivity index (χ3v) is 7.01. The predicted octanol–water partition coefficient (Wildman–Crippen LogP) is 4.55. The van der Waals surface area contributed by atoms with Crippen LogP contribution in [0, 0.1) is 19.7 Å². The van der Waals surface area contributed by atoms with Gasteiger partial charge in [-0.25, -0.2) is 4.39 Å². The summed E-state index contributed by atoms with van der Waals surface area (Å²) < 4.78 is 14.6. The molecule has 2 aromatic rings. The number of nitrogens with one attached hydrogen (secondary N) is 2. The van der Waals surface area contributed by atoms with Crippen LogP contribution in [0.25, 0.3) is 0 Å². The van der Waals surface area contributed by atoms with E-state index in [4.69, 9.17) is 0 Å². The van der Waals surface area contributed by atoms with Crippen molar-refractivity contribution in [1.29, 1.82) is 0 Å². The molecular formula is C24H31FN3O+. The highest BCUT2D eigenvalue weighted by Gasteiger charge is 2.48. The first-order valence-electron chi connectivity index (χ1n) is 10.7. The molecule has 2 heterocycles. The molecule has 2 aliphatic heterocycles. The normalized spacial score (nSPS) is 26.6. The lowest BCUT2D eigenvalue weighted by atomic mass is 10.0. The van der Waals surface area contributed by atoms with E-state index in [9.17, 15) is 9.18 Å². The summed E-state index contributed by atoms with van der Waals surface area (Å²) in [5.41, 5.74) is 4.33. The molecular weight excluding hydrogens is 365 g/mol. The maximum Gasteiger partial charge on any atom is 0.256 e. The average Bonchev–Trinajstić information content (AvgIpc) is 3.35. The van der Waals surface area contributed by atoms with E-state index in [0.717, 1.165) is 34.4 Å². The van der Waals surface area contributed by atoms with Gasteiger partial charge in [0, 0.05) is 55.7 Å². The minimum atomic E-state index is -0.396. The number of likely N-dealkylation sites (tertiary alicyclic amines) is 1. The summed E-state index contributed by atoms with van der Waals surface area (Å²) >= 11 is 0. The first-order valence-corrected chi connectivity index (χ1v) is 10.7. The number of carbonyl (C=O) groups is 1. The molecule has 0 saturated carbocycles. The molecule has 1 unspecified atom stereocenters. The summed E-state index contributed by atoms with van der Waals surface area (Å²) in [6.45, 7) is 9.59. The SMILES string of the molecule is Cc1cc([N+]2([C@@H]3CCNC3)CCC[C@@H]2C)ccc1NC(=O)c1cc(F)ccc1C. The highest BCUT2D eigenvalue weighted by atomic mass is 19.1. The Morgan fingerprint density at radius 1 is 1.14 bits per heavy atom. The van der Waals surface area contributed by atoms with Gasteiger partial charge in [0.25, 0.3) is 5.91 Å². The minimum absolute atomic E-state index is 0.267. The van der Waals surface area contributed by atoms with Gasteiger partial charge < -0.3 is 10.6 Å². The van der Waals surface area contributed by atoms with Crippen LogP contribution in [0.2, 0.25) is 0 Å². The third-order valence-electron chi connectivity index (χ3n) is 7.01. The van der Waals surface area contributed by atoms with Gasteiger partial charge in [-0.1, -0.05) is 6.07 Å². The van der Waals surface area contributed by atoms with E-state index < -0.39 is 5.82 Å². The zero-order valence-electron chi connectivity index (χ0n) is 17.6. The van der Waals surface area contributed by atoms with Gasteiger partial charge in [-0.3, -0.25) is 9.28 Å². The molecule has 2 aromatic carbocycles. The Bertz CT molecular complexity index is 922. The monoisotopic (exact) mass is 396 g/mol. The summed E-state index contributed by atoms with van der Waals surface area (Å²) in [5, 5.41) is 6.52. The van der Waals surface area contributed by atoms with Crippen molar-refractivity contribution in [2.75, 3.05) is 25.0 Å². The van der Waals surface area contributed by atoms with Gasteiger partial charge in [0.05, 0.1) is 12.6 Å². The van der Waals surface area contributed by atoms with Crippen LogP contribution in [0.15, 0.2) is 36.4 Å². The zero-order chi connectivity index (χ0) is 20.6. The number of aryl methyl sites for hydroxylation is 2. The van der Waals surface area contributed by atoms with Crippen LogP contribution in [-0.4, -0.2) is 37.6 Å². The smallest absolute Gasteiger partial charge is 0.256 e. The molecule has 2 fully saturated rings. The first kappa shape index (κ1) is 20.0. The van der Waals surface area contributed by atoms with Gasteiger partial charge >= 0.3 is 0 Å². The number of rotatable bonds is 4. The predicted molar refractivity (Wildman–Crippen MR) is 117 cm³/mol. The van der Waals surface area contributed by atoms with Gasteiger partial charge in [0.15, 0.2) is 0 Å². The fourth-order valence-corrected chi connectivity index (χ4v) is 5.34. The van der Waals surface area contributed by atoms with Crippen molar-refractivity contribution in [1.82, 2.24) is 9.80 Å². The van der Waals surface area contributed by atoms with Crippen LogP contribution in [0.5, 0.6) is 0 Å². The third kappa shape index (κ3) is 3.58. The zero-order valence-corrected chi connectivity index (χ0v) is 17.6. The molecule has 2 saturated heterocycles. The fraction of sp³-hybridized carbons (Fsp3) is 0.458. The highest BCUT2D eigenvalue weighted by Crippen LogP contribution is 2.40. The van der Waals surface area contributed by atoms with Gasteiger partial charge in [0.1, 0.15) is 17.5 Å². The molecule has 3 atom stereocenters. The van der Waals surface area contributed by atoms with Crippen LogP contribution in [0.3, 0.4) is 0 Å². The number of anilines is 1. The molecule has 0 aromatic heterocycles. The Balaban J connectivity index is 1.62. The van der Waals surface area contributed by atoms with Gasteiger partial charge in [0.2, 0.25) is 0 Å². The van der Waals surface area contributed by atoms with E-state index in [-0.39, 0.29) is 5.91 Å². The molecule has 5 heteroatoms. The summed E-state index contributed by atoms with van der Waals surface area (Å²) in [4.78, 5) is 12.7. The van der Waals surface area contributed by atoms with E-state index in [1.807, 2.05) is 19.9 Å². The molecule has 0 aliphatic carbocycles. The molecule has 0 radical (unpaired) electrons. The van der Waals surface area contributed by atoms with Crippen molar-refractivity contribution in [2.24, 2.45) is 0 Å². The highest BCUT2D eigenvalue weighted by molar-refractivity contribution is 6.05. The summed E-state index contributed by atoms with van der Waals surface area (Å²) in [5.74, 6) is -0.663. The van der Waals surface area contributed by atoms with Crippen LogP contribution >= 0.6 is 0 Å². The van der Waals surface area contributed by atoms with E-state index in [1.54, 1.807) is 6.07 Å². The number of nitrogens with zero attached hydrogens (tertiary/aromatic N) is 1. The van der Waals surface area contributed by atoms with Crippen LogP contribution < -0.4 is 15.1 Å². The number of hydrogen-bond donors (Lipinski definition) is 2. The molecule has 0 bridgehead atoms. The number of carbonyl (C=O) groups excluding carboxylic acids is 1. The maximum atomic E-state index is 13.6. The van der Waals surface area contributed by atoms with Crippen LogP contribution in [0.4, 0.5) is 15.8 Å². The number of hydrogen-bond acceptors (Lipinski definition) is 2. The Labute approximate surface area is 172 Å². The lowest BCUT2D eigenvalue weighted by molar-refractivity contribution is 0.102. The van der Waals surface area contributed by atoms with Crippen molar-refractivity contribution in [2.45, 2.75) is 52.1 Å². The number of benzene rings is 2. The lowest BCUT2D eigenvalue weighted by Gasteiger charge is -2.43. The molecule has 0 spiro atoms. The molecule has 4 rings (SSSR count). The lowest BCUT2D eigenvalue weighted by Crippen LogP contribution is -2.59. The molecule has 2 aliphatic rings. The van der Waals surface area contributed by atoms with E-state index >= 15 is 0 Å². The van der Waals surface area contributed by atoms with Crippen molar-refractivity contribution in [3.8, 4) is 0 Å². The minimum Gasteiger partial charge on any atom is -0.322 e. The van der Waals surface area contributed by atoms with Crippen molar-refractivity contribution in [3.63, 3.8) is 0 Å². The quantitative estimate of drug-likeness (QED) is 0.745. The number of quaternary nitrogens is 1. The number of halogens is 1. The second-order valence-corrected chi connectivity index (χ2v) is 8.70. The fourth-order valence-electron chi connectivity index (χ4n) is 5.34. The van der Waals surface area contributed by atoms with Crippen LogP contribution in [0.1, 0.15) is 47.7 Å². The van der Waals surface area contributed by atoms with Gasteiger partial charge in [-0.2, -0.15) is 0 Å². The van der Waals surface area contributed by atoms with E-state index in [2.05, 4.69) is 29.7 Å². The molecule has 4 nitrogen and oxygen atoms in total. The second kappa shape index (κ2) is 7.88. The largest absolute Gasteiger partial charge is 0.322 e. The van der Waals surface area contributed by atoms with Crippen molar-refractivity contribution < 1.29 is 9.18 Å². The molecule has 1 amide bonds. The van der Waals surface area contributed by atoms with Crippen molar-refractivity contribution in [3.05, 3.63) is 58.9 Å². The topological polar surface area (TPSA) is 41.1 Å². The standard InChI is InChI=1S/C24H30FN3O/c1-16-6-7-19(25)14-22(16)24(29)27-23-9-8-20(13-17(23)2)28(12-4-5-18(28)3)21-10-11-26-15-21/h6-9,13-14,18,21,26H,4-5,10-12,15H2,1-3H3/p+1/t18-,21+,28?/m0/s1. The summed E-state index contributed by atoms with van der Waals surface area (Å²) in [7, 11) is 0. The molecule has 29 heavy (non-hydrogen) atoms. The maximum absolute atomic E-state index is 13.6. The summed E-state index contributed by atoms with van der Waals surface area (Å²) in [6.07, 6.45) is 3.72. The van der Waals surface area contributed by atoms with Gasteiger partial charge in [-0.05, 0) is 50.1 Å². The van der Waals surface area contributed by atoms with E-state index in [0.29, 0.717) is 17.6 Å². The first-order chi connectivity index (χ1) is 13.9. The Kier molecular flexibility index (Phi) is 5.45. The molecule has 154 valence electrons. The van der Waals surface area contributed by atoms with E-state index in [1.165, 1.54) is 43.6 Å².